The average Bonchev–Trinajstić information content (AvgIpc) is 3.27. The van der Waals surface area contributed by atoms with E-state index in [0.717, 1.165) is 66.5 Å². The van der Waals surface area contributed by atoms with E-state index in [0.29, 0.717) is 23.7 Å². The number of anilines is 2. The number of hydrogen-bond donors (Lipinski definition) is 4. The maximum Gasteiger partial charge on any atom is 0.349 e. The van der Waals surface area contributed by atoms with Gasteiger partial charge in [0.1, 0.15) is 11.6 Å². The lowest BCUT2D eigenvalue weighted by Gasteiger charge is -2.32. The third kappa shape index (κ3) is 7.42. The molecule has 11 heteroatoms. The van der Waals surface area contributed by atoms with Crippen LogP contribution >= 0.6 is 34.9 Å². The van der Waals surface area contributed by atoms with E-state index in [4.69, 9.17) is 22.1 Å². The summed E-state index contributed by atoms with van der Waals surface area (Å²) in [7, 11) is 0. The minimum Gasteiger partial charge on any atom is -0.483 e. The SMILES string of the molecule is NCCNc1cccc(CSN2CCC(Nc3cccc(-c4sc(C(=O)O)c(OCC=O)c4Cl)c3)CC2)c1. The molecule has 1 aromatic heterocycles. The van der Waals surface area contributed by atoms with E-state index in [9.17, 15) is 14.7 Å². The number of nitrogens with two attached hydrogens (primary N) is 1. The smallest absolute Gasteiger partial charge is 0.349 e. The van der Waals surface area contributed by atoms with E-state index < -0.39 is 5.97 Å². The van der Waals surface area contributed by atoms with Gasteiger partial charge in [0.05, 0.1) is 4.88 Å². The fourth-order valence-corrected chi connectivity index (χ4v) is 6.62. The van der Waals surface area contributed by atoms with E-state index in [-0.39, 0.29) is 22.3 Å². The number of thiophene rings is 1. The number of aldehydes is 1. The van der Waals surface area contributed by atoms with Crippen LogP contribution < -0.4 is 21.1 Å². The number of carbonyl (C=O) groups is 2. The summed E-state index contributed by atoms with van der Waals surface area (Å²) in [5, 5.41) is 16.7. The highest BCUT2D eigenvalue weighted by Gasteiger charge is 2.25. The molecular weight excluding hydrogens is 544 g/mol. The molecule has 2 heterocycles. The molecule has 0 amide bonds. The Morgan fingerprint density at radius 2 is 1.97 bits per heavy atom. The van der Waals surface area contributed by atoms with E-state index >= 15 is 0 Å². The van der Waals surface area contributed by atoms with Crippen molar-refractivity contribution in [2.24, 2.45) is 5.73 Å². The van der Waals surface area contributed by atoms with Gasteiger partial charge < -0.3 is 26.2 Å². The topological polar surface area (TPSA) is 117 Å². The van der Waals surface area contributed by atoms with Gasteiger partial charge in [0.25, 0.3) is 0 Å². The van der Waals surface area contributed by atoms with Crippen LogP contribution in [0, 0.1) is 0 Å². The molecule has 0 spiro atoms. The lowest BCUT2D eigenvalue weighted by atomic mass is 10.1. The van der Waals surface area contributed by atoms with Crippen molar-refractivity contribution in [1.82, 2.24) is 4.31 Å². The Morgan fingerprint density at radius 1 is 1.21 bits per heavy atom. The average molecular weight is 575 g/mol. The predicted molar refractivity (Wildman–Crippen MR) is 157 cm³/mol. The number of carboxylic acid groups (broad SMARTS) is 1. The van der Waals surface area contributed by atoms with Crippen molar-refractivity contribution >= 4 is 58.5 Å². The van der Waals surface area contributed by atoms with Gasteiger partial charge >= 0.3 is 5.97 Å². The molecule has 1 aliphatic rings. The number of nitrogens with zero attached hydrogens (tertiary/aromatic N) is 1. The first-order chi connectivity index (χ1) is 18.5. The second-order valence-electron chi connectivity index (χ2n) is 8.80. The van der Waals surface area contributed by atoms with Crippen LogP contribution in [0.5, 0.6) is 5.75 Å². The molecule has 0 aliphatic carbocycles. The summed E-state index contributed by atoms with van der Waals surface area (Å²) in [6.45, 7) is 3.10. The lowest BCUT2D eigenvalue weighted by molar-refractivity contribution is -0.109. The second kappa shape index (κ2) is 13.9. The number of carbonyl (C=O) groups excluding carboxylic acids is 1. The maximum absolute atomic E-state index is 11.7. The third-order valence-corrected chi connectivity index (χ3v) is 8.94. The Bertz CT molecular complexity index is 1250. The normalized spacial score (nSPS) is 14.3. The molecule has 1 fully saturated rings. The molecule has 202 valence electrons. The molecule has 0 bridgehead atoms. The van der Waals surface area contributed by atoms with Gasteiger partial charge in [-0.2, -0.15) is 0 Å². The fraction of sp³-hybridized carbons (Fsp3) is 0.333. The Hall–Kier alpha value is -2.76. The Balaban J connectivity index is 1.33. The van der Waals surface area contributed by atoms with Crippen LogP contribution in [0.1, 0.15) is 28.1 Å². The highest BCUT2D eigenvalue weighted by Crippen LogP contribution is 2.46. The van der Waals surface area contributed by atoms with E-state index in [2.05, 4.69) is 39.2 Å². The van der Waals surface area contributed by atoms with Gasteiger partial charge in [-0.3, -0.25) is 9.10 Å². The standard InChI is InChI=1S/C27H31ClN4O4S2/c28-23-24(36-14-13-33)26(27(34)35)38-25(23)19-4-2-6-22(16-19)31-20-7-11-32(12-8-20)37-17-18-3-1-5-21(15-18)30-10-9-29/h1-6,13,15-16,20,30-31H,7-12,14,17,29H2,(H,34,35). The van der Waals surface area contributed by atoms with Gasteiger partial charge in [-0.25, -0.2) is 4.79 Å². The molecule has 8 nitrogen and oxygen atoms in total. The van der Waals surface area contributed by atoms with E-state index in [1.54, 1.807) is 0 Å². The second-order valence-corrected chi connectivity index (χ2v) is 11.3. The van der Waals surface area contributed by atoms with E-state index in [1.807, 2.05) is 36.2 Å². The Labute approximate surface area is 235 Å². The van der Waals surface area contributed by atoms with Gasteiger partial charge in [0.2, 0.25) is 0 Å². The molecule has 0 saturated carbocycles. The van der Waals surface area contributed by atoms with Crippen molar-refractivity contribution in [2.45, 2.75) is 24.6 Å². The number of carboxylic acids is 1. The minimum atomic E-state index is -1.14. The van der Waals surface area contributed by atoms with Gasteiger partial charge in [-0.15, -0.1) is 11.3 Å². The lowest BCUT2D eigenvalue weighted by Crippen LogP contribution is -2.35. The molecule has 4 rings (SSSR count). The fourth-order valence-electron chi connectivity index (χ4n) is 4.24. The molecule has 5 N–H and O–H groups in total. The van der Waals surface area contributed by atoms with Crippen molar-refractivity contribution in [3.8, 4) is 16.2 Å². The number of nitrogens with one attached hydrogen (secondary N) is 2. The molecule has 2 aromatic carbocycles. The first kappa shape index (κ1) is 28.3. The van der Waals surface area contributed by atoms with Gasteiger partial charge in [-0.1, -0.05) is 47.8 Å². The van der Waals surface area contributed by atoms with E-state index in [1.165, 1.54) is 5.56 Å². The van der Waals surface area contributed by atoms with Gasteiger partial charge in [0.15, 0.2) is 16.9 Å². The number of piperidine rings is 1. The molecule has 1 aliphatic heterocycles. The predicted octanol–water partition coefficient (Wildman–Crippen LogP) is 5.44. The number of halogens is 1. The highest BCUT2D eigenvalue weighted by molar-refractivity contribution is 7.96. The minimum absolute atomic E-state index is 0.0198. The van der Waals surface area contributed by atoms with Crippen molar-refractivity contribution in [1.29, 1.82) is 0 Å². The molecule has 38 heavy (non-hydrogen) atoms. The molecule has 0 atom stereocenters. The van der Waals surface area contributed by atoms with Crippen LogP contribution in [0.2, 0.25) is 5.02 Å². The number of aromatic carboxylic acids is 1. The molecule has 1 saturated heterocycles. The Kier molecular flexibility index (Phi) is 10.3. The summed E-state index contributed by atoms with van der Waals surface area (Å²) in [4.78, 5) is 23.0. The van der Waals surface area contributed by atoms with Crippen LogP contribution in [0.3, 0.4) is 0 Å². The van der Waals surface area contributed by atoms with Crippen LogP contribution in [-0.4, -0.2) is 60.5 Å². The summed E-state index contributed by atoms with van der Waals surface area (Å²) in [5.74, 6) is -0.177. The van der Waals surface area contributed by atoms with Crippen LogP contribution in [-0.2, 0) is 10.5 Å². The maximum atomic E-state index is 11.7. The summed E-state index contributed by atoms with van der Waals surface area (Å²) >= 11 is 9.38. The highest BCUT2D eigenvalue weighted by atomic mass is 35.5. The zero-order valence-corrected chi connectivity index (χ0v) is 23.2. The number of ether oxygens (including phenoxy) is 1. The number of benzene rings is 2. The summed E-state index contributed by atoms with van der Waals surface area (Å²) in [6, 6.07) is 16.6. The number of hydrogen-bond acceptors (Lipinski definition) is 9. The van der Waals surface area contributed by atoms with Crippen LogP contribution in [0.4, 0.5) is 11.4 Å². The molecule has 0 radical (unpaired) electrons. The number of rotatable bonds is 13. The largest absolute Gasteiger partial charge is 0.483 e. The third-order valence-electron chi connectivity index (χ3n) is 6.06. The van der Waals surface area contributed by atoms with Gasteiger partial charge in [0, 0.05) is 49.3 Å². The molecule has 3 aromatic rings. The summed E-state index contributed by atoms with van der Waals surface area (Å²) < 4.78 is 7.74. The van der Waals surface area contributed by atoms with Crippen molar-refractivity contribution in [3.05, 3.63) is 64.0 Å². The Morgan fingerprint density at radius 3 is 2.71 bits per heavy atom. The van der Waals surface area contributed by atoms with Gasteiger partial charge in [-0.05, 0) is 48.2 Å². The zero-order valence-electron chi connectivity index (χ0n) is 20.8. The van der Waals surface area contributed by atoms with Crippen molar-refractivity contribution < 1.29 is 19.4 Å². The zero-order chi connectivity index (χ0) is 26.9. The monoisotopic (exact) mass is 574 g/mol. The van der Waals surface area contributed by atoms with Crippen molar-refractivity contribution in [2.75, 3.05) is 43.4 Å². The molecular formula is C27H31ClN4O4S2. The van der Waals surface area contributed by atoms with Crippen LogP contribution in [0.15, 0.2) is 48.5 Å². The van der Waals surface area contributed by atoms with Crippen molar-refractivity contribution in [3.63, 3.8) is 0 Å². The first-order valence-corrected chi connectivity index (χ1v) is 14.5. The summed E-state index contributed by atoms with van der Waals surface area (Å²) in [5.41, 5.74) is 9.72. The molecule has 0 unspecified atom stereocenters. The van der Waals surface area contributed by atoms with Crippen LogP contribution in [0.25, 0.3) is 10.4 Å². The first-order valence-electron chi connectivity index (χ1n) is 12.4. The summed E-state index contributed by atoms with van der Waals surface area (Å²) in [6.07, 6.45) is 2.59. The quantitative estimate of drug-likeness (QED) is 0.156.